The van der Waals surface area contributed by atoms with E-state index in [-0.39, 0.29) is 0 Å². The Morgan fingerprint density at radius 3 is 2.94 bits per heavy atom. The molecule has 2 aromatic heterocycles. The van der Waals surface area contributed by atoms with Crippen LogP contribution in [0, 0.1) is 6.92 Å². The number of aryl methyl sites for hydroxylation is 1. The molecule has 0 radical (unpaired) electrons. The second-order valence-electron chi connectivity index (χ2n) is 3.71. The zero-order chi connectivity index (χ0) is 11.4. The van der Waals surface area contributed by atoms with Crippen LogP contribution in [-0.4, -0.2) is 11.5 Å². The van der Waals surface area contributed by atoms with E-state index in [0.717, 1.165) is 18.8 Å². The second kappa shape index (κ2) is 5.57. The van der Waals surface area contributed by atoms with Crippen molar-refractivity contribution < 1.29 is 0 Å². The molecule has 1 N–H and O–H groups in total. The monoisotopic (exact) mass is 252 g/mol. The highest BCUT2D eigenvalue weighted by Gasteiger charge is 2.05. The fraction of sp³-hybridized carbons (Fsp3) is 0.417. The molecule has 0 aliphatic carbocycles. The van der Waals surface area contributed by atoms with Crippen LogP contribution in [0.3, 0.4) is 0 Å². The van der Waals surface area contributed by atoms with Crippen LogP contribution in [0.5, 0.6) is 0 Å². The van der Waals surface area contributed by atoms with Crippen molar-refractivity contribution >= 4 is 22.7 Å². The number of thiazole rings is 1. The van der Waals surface area contributed by atoms with Gasteiger partial charge in [-0.05, 0) is 32.0 Å². The standard InChI is InChI=1S/C12H16N2S2/c1-3-6-13-7-12-14-10(8-15-12)11-5-4-9(2)16-11/h4-5,8,13H,3,6-7H2,1-2H3. The first kappa shape index (κ1) is 11.8. The molecule has 0 aromatic carbocycles. The maximum Gasteiger partial charge on any atom is 0.107 e. The van der Waals surface area contributed by atoms with Crippen LogP contribution in [0.4, 0.5) is 0 Å². The minimum absolute atomic E-state index is 0.892. The molecule has 2 heterocycles. The summed E-state index contributed by atoms with van der Waals surface area (Å²) in [5.41, 5.74) is 1.12. The summed E-state index contributed by atoms with van der Waals surface area (Å²) in [4.78, 5) is 7.25. The first-order valence-corrected chi connectivity index (χ1v) is 7.21. The molecule has 0 saturated heterocycles. The lowest BCUT2D eigenvalue weighted by Crippen LogP contribution is -2.13. The fourth-order valence-corrected chi connectivity index (χ4v) is 3.12. The minimum atomic E-state index is 0.892. The smallest absolute Gasteiger partial charge is 0.107 e. The van der Waals surface area contributed by atoms with E-state index < -0.39 is 0 Å². The second-order valence-corrected chi connectivity index (χ2v) is 5.94. The van der Waals surface area contributed by atoms with Gasteiger partial charge in [-0.3, -0.25) is 0 Å². The molecule has 16 heavy (non-hydrogen) atoms. The third kappa shape index (κ3) is 2.90. The molecule has 0 aliphatic rings. The van der Waals surface area contributed by atoms with Crippen LogP contribution in [-0.2, 0) is 6.54 Å². The maximum atomic E-state index is 4.63. The average molecular weight is 252 g/mol. The first-order valence-electron chi connectivity index (χ1n) is 5.51. The average Bonchev–Trinajstić information content (AvgIpc) is 2.87. The van der Waals surface area contributed by atoms with Gasteiger partial charge in [-0.1, -0.05) is 6.92 Å². The molecule has 0 bridgehead atoms. The predicted octanol–water partition coefficient (Wildman–Crippen LogP) is 3.68. The third-order valence-corrected chi connectivity index (χ3v) is 4.12. The highest BCUT2D eigenvalue weighted by molar-refractivity contribution is 7.16. The van der Waals surface area contributed by atoms with E-state index in [4.69, 9.17) is 0 Å². The zero-order valence-electron chi connectivity index (χ0n) is 9.62. The Morgan fingerprint density at radius 2 is 2.25 bits per heavy atom. The van der Waals surface area contributed by atoms with Crippen LogP contribution in [0.2, 0.25) is 0 Å². The molecule has 0 unspecified atom stereocenters. The van der Waals surface area contributed by atoms with E-state index in [1.54, 1.807) is 22.7 Å². The largest absolute Gasteiger partial charge is 0.310 e. The van der Waals surface area contributed by atoms with E-state index in [0.29, 0.717) is 0 Å². The number of thiophene rings is 1. The molecule has 4 heteroatoms. The summed E-state index contributed by atoms with van der Waals surface area (Å²) in [5, 5.41) is 6.70. The van der Waals surface area contributed by atoms with E-state index in [1.165, 1.54) is 21.2 Å². The van der Waals surface area contributed by atoms with Gasteiger partial charge in [0.15, 0.2) is 0 Å². The molecular weight excluding hydrogens is 236 g/mol. The molecule has 0 aliphatic heterocycles. The molecule has 2 nitrogen and oxygen atoms in total. The van der Waals surface area contributed by atoms with E-state index in [1.807, 2.05) is 0 Å². The summed E-state index contributed by atoms with van der Waals surface area (Å²) in [5.74, 6) is 0. The molecule has 0 amide bonds. The van der Waals surface area contributed by atoms with E-state index in [9.17, 15) is 0 Å². The number of hydrogen-bond donors (Lipinski definition) is 1. The lowest BCUT2D eigenvalue weighted by molar-refractivity contribution is 0.673. The number of rotatable bonds is 5. The summed E-state index contributed by atoms with van der Waals surface area (Å²) in [6.07, 6.45) is 1.17. The van der Waals surface area contributed by atoms with Gasteiger partial charge in [0.2, 0.25) is 0 Å². The van der Waals surface area contributed by atoms with Gasteiger partial charge in [0.05, 0.1) is 10.6 Å². The normalized spacial score (nSPS) is 10.9. The zero-order valence-corrected chi connectivity index (χ0v) is 11.3. The summed E-state index contributed by atoms with van der Waals surface area (Å²) in [7, 11) is 0. The molecule has 0 atom stereocenters. The van der Waals surface area contributed by atoms with Crippen molar-refractivity contribution in [3.05, 3.63) is 27.4 Å². The predicted molar refractivity (Wildman–Crippen MR) is 72.2 cm³/mol. The Labute approximate surface area is 104 Å². The summed E-state index contributed by atoms with van der Waals surface area (Å²) in [6.45, 7) is 6.26. The topological polar surface area (TPSA) is 24.9 Å². The Hall–Kier alpha value is -0.710. The van der Waals surface area contributed by atoms with Crippen molar-refractivity contribution in [2.45, 2.75) is 26.8 Å². The quantitative estimate of drug-likeness (QED) is 0.821. The van der Waals surface area contributed by atoms with Crippen molar-refractivity contribution in [3.63, 3.8) is 0 Å². The Balaban J connectivity index is 2.02. The van der Waals surface area contributed by atoms with Crippen LogP contribution in [0.1, 0.15) is 23.2 Å². The van der Waals surface area contributed by atoms with Crippen molar-refractivity contribution in [1.29, 1.82) is 0 Å². The minimum Gasteiger partial charge on any atom is -0.310 e. The first-order chi connectivity index (χ1) is 7.79. The molecular formula is C12H16N2S2. The van der Waals surface area contributed by atoms with Crippen LogP contribution >= 0.6 is 22.7 Å². The highest BCUT2D eigenvalue weighted by Crippen LogP contribution is 2.28. The number of aromatic nitrogens is 1. The van der Waals surface area contributed by atoms with Crippen LogP contribution in [0.25, 0.3) is 10.6 Å². The summed E-state index contributed by atoms with van der Waals surface area (Å²) >= 11 is 3.54. The van der Waals surface area contributed by atoms with Gasteiger partial charge < -0.3 is 5.32 Å². The van der Waals surface area contributed by atoms with Crippen molar-refractivity contribution in [3.8, 4) is 10.6 Å². The van der Waals surface area contributed by atoms with Crippen molar-refractivity contribution in [2.24, 2.45) is 0 Å². The van der Waals surface area contributed by atoms with Crippen LogP contribution in [0.15, 0.2) is 17.5 Å². The van der Waals surface area contributed by atoms with Crippen molar-refractivity contribution in [1.82, 2.24) is 10.3 Å². The highest BCUT2D eigenvalue weighted by atomic mass is 32.1. The SMILES string of the molecule is CCCNCc1nc(-c2ccc(C)s2)cs1. The number of nitrogens with one attached hydrogen (secondary N) is 1. The van der Waals surface area contributed by atoms with E-state index in [2.05, 4.69) is 41.7 Å². The lowest BCUT2D eigenvalue weighted by atomic mass is 10.4. The maximum absolute atomic E-state index is 4.63. The van der Waals surface area contributed by atoms with Gasteiger partial charge in [0, 0.05) is 16.8 Å². The van der Waals surface area contributed by atoms with E-state index >= 15 is 0 Å². The number of nitrogens with zero attached hydrogens (tertiary/aromatic N) is 1. The van der Waals surface area contributed by atoms with Crippen molar-refractivity contribution in [2.75, 3.05) is 6.54 Å². The van der Waals surface area contributed by atoms with Gasteiger partial charge in [0.25, 0.3) is 0 Å². The molecule has 0 spiro atoms. The summed E-state index contributed by atoms with van der Waals surface area (Å²) < 4.78 is 0. The Kier molecular flexibility index (Phi) is 4.09. The van der Waals surface area contributed by atoms with Gasteiger partial charge in [-0.2, -0.15) is 0 Å². The molecule has 2 rings (SSSR count). The van der Waals surface area contributed by atoms with Gasteiger partial charge in [0.1, 0.15) is 5.01 Å². The Morgan fingerprint density at radius 1 is 1.38 bits per heavy atom. The van der Waals surface area contributed by atoms with Gasteiger partial charge in [-0.25, -0.2) is 4.98 Å². The van der Waals surface area contributed by atoms with Gasteiger partial charge in [-0.15, -0.1) is 22.7 Å². The fourth-order valence-electron chi connectivity index (χ4n) is 1.45. The number of hydrogen-bond acceptors (Lipinski definition) is 4. The molecule has 86 valence electrons. The molecule has 0 saturated carbocycles. The third-order valence-electron chi connectivity index (χ3n) is 2.25. The van der Waals surface area contributed by atoms with Gasteiger partial charge >= 0.3 is 0 Å². The van der Waals surface area contributed by atoms with Crippen LogP contribution < -0.4 is 5.32 Å². The lowest BCUT2D eigenvalue weighted by Gasteiger charge is -1.97. The molecule has 2 aromatic rings. The molecule has 0 fully saturated rings. The summed E-state index contributed by atoms with van der Waals surface area (Å²) in [6, 6.07) is 4.30. The Bertz CT molecular complexity index is 445.